The second kappa shape index (κ2) is 5.78. The smallest absolute Gasteiger partial charge is 0.227 e. The van der Waals surface area contributed by atoms with Gasteiger partial charge in [0.15, 0.2) is 0 Å². The lowest BCUT2D eigenvalue weighted by Crippen LogP contribution is -2.27. The van der Waals surface area contributed by atoms with Gasteiger partial charge in [0.1, 0.15) is 5.82 Å². The molecule has 1 amide bonds. The maximum atomic E-state index is 13.4. The number of amides is 1. The number of hydrogen-bond donors (Lipinski definition) is 0. The molecule has 0 saturated carbocycles. The Morgan fingerprint density at radius 2 is 2.06 bits per heavy atom. The van der Waals surface area contributed by atoms with E-state index < -0.39 is 0 Å². The number of likely N-dealkylation sites (N-methyl/N-ethyl adjacent to an activating group) is 1. The highest BCUT2D eigenvalue weighted by atomic mass is 32.1. The molecule has 2 nitrogen and oxygen atoms in total. The van der Waals surface area contributed by atoms with E-state index in [-0.39, 0.29) is 18.1 Å². The van der Waals surface area contributed by atoms with Crippen LogP contribution in [0.25, 0.3) is 0 Å². The zero-order valence-electron chi connectivity index (χ0n) is 10.1. The predicted molar refractivity (Wildman–Crippen MR) is 70.9 cm³/mol. The molecule has 2 rings (SSSR count). The first-order chi connectivity index (χ1) is 8.66. The first-order valence-electron chi connectivity index (χ1n) is 5.66. The number of carbonyl (C=O) groups excluding carboxylic acids is 1. The van der Waals surface area contributed by atoms with E-state index in [1.807, 2.05) is 17.5 Å². The summed E-state index contributed by atoms with van der Waals surface area (Å²) in [4.78, 5) is 14.7. The molecule has 0 saturated heterocycles. The molecular weight excluding hydrogens is 249 g/mol. The third kappa shape index (κ3) is 3.17. The van der Waals surface area contributed by atoms with Crippen LogP contribution in [-0.2, 0) is 17.8 Å². The molecule has 2 aromatic rings. The first kappa shape index (κ1) is 12.8. The molecule has 1 heterocycles. The number of thiophene rings is 1. The predicted octanol–water partition coefficient (Wildman–Crippen LogP) is 3.09. The van der Waals surface area contributed by atoms with Crippen LogP contribution in [-0.4, -0.2) is 17.9 Å². The van der Waals surface area contributed by atoms with Crippen molar-refractivity contribution < 1.29 is 9.18 Å². The first-order valence-corrected chi connectivity index (χ1v) is 6.54. The van der Waals surface area contributed by atoms with E-state index in [1.165, 1.54) is 6.07 Å². The number of hydrogen-bond acceptors (Lipinski definition) is 2. The molecule has 0 spiro atoms. The number of benzene rings is 1. The van der Waals surface area contributed by atoms with Crippen molar-refractivity contribution >= 4 is 17.2 Å². The molecular formula is C14H14FNOS. The lowest BCUT2D eigenvalue weighted by Gasteiger charge is -2.16. The van der Waals surface area contributed by atoms with Crippen molar-refractivity contribution in [3.8, 4) is 0 Å². The van der Waals surface area contributed by atoms with Crippen molar-refractivity contribution in [3.05, 3.63) is 58.0 Å². The average molecular weight is 263 g/mol. The van der Waals surface area contributed by atoms with Crippen molar-refractivity contribution in [1.82, 2.24) is 4.90 Å². The van der Waals surface area contributed by atoms with Crippen LogP contribution in [0.4, 0.5) is 4.39 Å². The Morgan fingerprint density at radius 3 is 2.72 bits per heavy atom. The molecule has 0 aliphatic rings. The molecule has 1 aromatic carbocycles. The van der Waals surface area contributed by atoms with Gasteiger partial charge >= 0.3 is 0 Å². The molecule has 18 heavy (non-hydrogen) atoms. The third-order valence-electron chi connectivity index (χ3n) is 2.70. The van der Waals surface area contributed by atoms with Crippen LogP contribution in [0.15, 0.2) is 41.8 Å². The van der Waals surface area contributed by atoms with Crippen molar-refractivity contribution in [2.24, 2.45) is 0 Å². The molecule has 0 atom stereocenters. The Balaban J connectivity index is 1.98. The summed E-state index contributed by atoms with van der Waals surface area (Å²) in [6.07, 6.45) is 0.106. The van der Waals surface area contributed by atoms with Crippen LogP contribution in [0, 0.1) is 5.82 Å². The van der Waals surface area contributed by atoms with Gasteiger partial charge < -0.3 is 4.90 Å². The maximum Gasteiger partial charge on any atom is 0.227 e. The minimum absolute atomic E-state index is 0.0755. The van der Waals surface area contributed by atoms with E-state index in [0.717, 1.165) is 4.88 Å². The second-order valence-electron chi connectivity index (χ2n) is 4.10. The van der Waals surface area contributed by atoms with E-state index in [4.69, 9.17) is 0 Å². The minimum Gasteiger partial charge on any atom is -0.340 e. The van der Waals surface area contributed by atoms with E-state index in [1.54, 1.807) is 41.5 Å². The van der Waals surface area contributed by atoms with E-state index >= 15 is 0 Å². The number of rotatable bonds is 4. The van der Waals surface area contributed by atoms with Gasteiger partial charge in [-0.15, -0.1) is 11.3 Å². The molecule has 0 bridgehead atoms. The highest BCUT2D eigenvalue weighted by molar-refractivity contribution is 7.09. The SMILES string of the molecule is CN(Cc1cccs1)C(=O)Cc1ccccc1F. The van der Waals surface area contributed by atoms with Crippen LogP contribution in [0.2, 0.25) is 0 Å². The Morgan fingerprint density at radius 1 is 1.28 bits per heavy atom. The molecule has 1 aromatic heterocycles. The highest BCUT2D eigenvalue weighted by Gasteiger charge is 2.12. The normalized spacial score (nSPS) is 10.3. The van der Waals surface area contributed by atoms with Gasteiger partial charge in [-0.25, -0.2) is 4.39 Å². The second-order valence-corrected chi connectivity index (χ2v) is 5.13. The van der Waals surface area contributed by atoms with Crippen molar-refractivity contribution in [1.29, 1.82) is 0 Å². The van der Waals surface area contributed by atoms with Crippen LogP contribution in [0.1, 0.15) is 10.4 Å². The van der Waals surface area contributed by atoms with Gasteiger partial charge in [0.2, 0.25) is 5.91 Å². The van der Waals surface area contributed by atoms with Crippen LogP contribution < -0.4 is 0 Å². The summed E-state index contributed by atoms with van der Waals surface area (Å²) in [5, 5.41) is 1.98. The lowest BCUT2D eigenvalue weighted by molar-refractivity contribution is -0.129. The van der Waals surface area contributed by atoms with Gasteiger partial charge in [0.05, 0.1) is 13.0 Å². The Labute approximate surface area is 110 Å². The van der Waals surface area contributed by atoms with E-state index in [9.17, 15) is 9.18 Å². The summed E-state index contributed by atoms with van der Waals surface area (Å²) >= 11 is 1.61. The van der Waals surface area contributed by atoms with Crippen LogP contribution in [0.5, 0.6) is 0 Å². The Bertz CT molecular complexity index is 524. The zero-order chi connectivity index (χ0) is 13.0. The van der Waals surface area contributed by atoms with Crippen molar-refractivity contribution in [2.45, 2.75) is 13.0 Å². The number of carbonyl (C=O) groups is 1. The topological polar surface area (TPSA) is 20.3 Å². The van der Waals surface area contributed by atoms with Crippen molar-refractivity contribution in [3.63, 3.8) is 0 Å². The lowest BCUT2D eigenvalue weighted by atomic mass is 10.1. The summed E-state index contributed by atoms with van der Waals surface area (Å²) in [5.74, 6) is -0.399. The van der Waals surface area contributed by atoms with Gasteiger partial charge in [0, 0.05) is 11.9 Å². The summed E-state index contributed by atoms with van der Waals surface area (Å²) in [5.41, 5.74) is 0.445. The molecule has 0 aliphatic heterocycles. The fourth-order valence-corrected chi connectivity index (χ4v) is 2.42. The van der Waals surface area contributed by atoms with Gasteiger partial charge in [-0.1, -0.05) is 24.3 Å². The fraction of sp³-hybridized carbons (Fsp3) is 0.214. The Hall–Kier alpha value is -1.68. The Kier molecular flexibility index (Phi) is 4.10. The summed E-state index contributed by atoms with van der Waals surface area (Å²) in [6.45, 7) is 0.574. The molecule has 0 aliphatic carbocycles. The molecule has 0 radical (unpaired) electrons. The van der Waals surface area contributed by atoms with Gasteiger partial charge in [-0.3, -0.25) is 4.79 Å². The molecule has 0 unspecified atom stereocenters. The van der Waals surface area contributed by atoms with Gasteiger partial charge in [0.25, 0.3) is 0 Å². The number of halogens is 1. The molecule has 0 fully saturated rings. The van der Waals surface area contributed by atoms with Crippen LogP contribution in [0.3, 0.4) is 0 Å². The maximum absolute atomic E-state index is 13.4. The number of nitrogens with zero attached hydrogens (tertiary/aromatic N) is 1. The quantitative estimate of drug-likeness (QED) is 0.830. The van der Waals surface area contributed by atoms with Gasteiger partial charge in [-0.2, -0.15) is 0 Å². The minimum atomic E-state index is -0.324. The monoisotopic (exact) mass is 263 g/mol. The fourth-order valence-electron chi connectivity index (χ4n) is 1.66. The standard InChI is InChI=1S/C14H14FNOS/c1-16(10-12-6-4-8-18-12)14(17)9-11-5-2-3-7-13(11)15/h2-8H,9-10H2,1H3. The van der Waals surface area contributed by atoms with Crippen molar-refractivity contribution in [2.75, 3.05) is 7.05 Å². The third-order valence-corrected chi connectivity index (χ3v) is 3.56. The zero-order valence-corrected chi connectivity index (χ0v) is 10.9. The summed E-state index contributed by atoms with van der Waals surface area (Å²) in [6, 6.07) is 10.3. The highest BCUT2D eigenvalue weighted by Crippen LogP contribution is 2.13. The largest absolute Gasteiger partial charge is 0.340 e. The summed E-state index contributed by atoms with van der Waals surface area (Å²) in [7, 11) is 1.74. The molecule has 94 valence electrons. The van der Waals surface area contributed by atoms with Crippen LogP contribution >= 0.6 is 11.3 Å². The molecule has 0 N–H and O–H groups in total. The van der Waals surface area contributed by atoms with E-state index in [2.05, 4.69) is 0 Å². The summed E-state index contributed by atoms with van der Waals surface area (Å²) < 4.78 is 13.4. The van der Waals surface area contributed by atoms with E-state index in [0.29, 0.717) is 12.1 Å². The molecule has 4 heteroatoms. The average Bonchev–Trinajstić information content (AvgIpc) is 2.84. The van der Waals surface area contributed by atoms with Gasteiger partial charge in [-0.05, 0) is 23.1 Å².